The van der Waals surface area contributed by atoms with E-state index in [0.717, 1.165) is 29.3 Å². The molecular weight excluding hydrogens is 464 g/mol. The number of rotatable bonds is 6. The molecule has 0 radical (unpaired) electrons. The number of aromatic nitrogens is 1. The Morgan fingerprint density at radius 1 is 0.882 bits per heavy atom. The van der Waals surface area contributed by atoms with Crippen molar-refractivity contribution in [2.24, 2.45) is 5.16 Å². The molecule has 1 amide bonds. The Labute approximate surface area is 190 Å². The van der Waals surface area contributed by atoms with Crippen LogP contribution in [-0.4, -0.2) is 28.4 Å². The van der Waals surface area contributed by atoms with Gasteiger partial charge < -0.3 is 10.1 Å². The molecule has 11 heteroatoms. The van der Waals surface area contributed by atoms with Gasteiger partial charge in [0.25, 0.3) is 5.91 Å². The van der Waals surface area contributed by atoms with Crippen LogP contribution in [0.1, 0.15) is 22.4 Å². The molecule has 0 aliphatic rings. The summed E-state index contributed by atoms with van der Waals surface area (Å²) in [5.74, 6) is -0.831. The Kier molecular flexibility index (Phi) is 7.23. The molecule has 1 heterocycles. The molecular formula is C23H17F6N3O2. The molecule has 0 saturated carbocycles. The predicted molar refractivity (Wildman–Crippen MR) is 112 cm³/mol. The third kappa shape index (κ3) is 5.91. The highest BCUT2D eigenvalue weighted by molar-refractivity contribution is 6.49. The second kappa shape index (κ2) is 9.94. The number of nitrogens with zero attached hydrogens (tertiary/aromatic N) is 3. The average molecular weight is 481 g/mol. The van der Waals surface area contributed by atoms with Crippen molar-refractivity contribution < 1.29 is 36.3 Å². The van der Waals surface area contributed by atoms with Crippen LogP contribution in [0.25, 0.3) is 0 Å². The molecule has 1 aromatic heterocycles. The summed E-state index contributed by atoms with van der Waals surface area (Å²) in [6, 6.07) is 13.9. The average Bonchev–Trinajstić information content (AvgIpc) is 2.80. The van der Waals surface area contributed by atoms with Crippen LogP contribution < -0.4 is 4.90 Å². The number of carbonyl (C=O) groups excluding carboxylic acids is 1. The summed E-state index contributed by atoms with van der Waals surface area (Å²) in [6.07, 6.45) is -8.27. The number of oxime groups is 1. The van der Waals surface area contributed by atoms with Crippen molar-refractivity contribution in [2.75, 3.05) is 11.4 Å². The fourth-order valence-corrected chi connectivity index (χ4v) is 3.11. The lowest BCUT2D eigenvalue weighted by Crippen LogP contribution is -2.39. The number of amides is 1. The molecule has 0 spiro atoms. The van der Waals surface area contributed by atoms with Crippen molar-refractivity contribution in [3.63, 3.8) is 0 Å². The van der Waals surface area contributed by atoms with Gasteiger partial charge in [-0.25, -0.2) is 4.98 Å². The van der Waals surface area contributed by atoms with Crippen molar-refractivity contribution in [1.29, 1.82) is 0 Å². The molecule has 0 aliphatic carbocycles. The zero-order chi connectivity index (χ0) is 24.9. The lowest BCUT2D eigenvalue weighted by Gasteiger charge is -2.23. The molecule has 0 unspecified atom stereocenters. The van der Waals surface area contributed by atoms with Crippen molar-refractivity contribution in [3.8, 4) is 0 Å². The number of hydrogen-bond donors (Lipinski definition) is 1. The first kappa shape index (κ1) is 24.7. The Morgan fingerprint density at radius 3 is 2.03 bits per heavy atom. The lowest BCUT2D eigenvalue weighted by molar-refractivity contribution is -0.141. The van der Waals surface area contributed by atoms with Gasteiger partial charge >= 0.3 is 12.4 Å². The summed E-state index contributed by atoms with van der Waals surface area (Å²) in [7, 11) is 0. The molecule has 1 N–H and O–H groups in total. The number of alkyl halides is 6. The van der Waals surface area contributed by atoms with E-state index in [1.54, 1.807) is 18.2 Å². The van der Waals surface area contributed by atoms with E-state index in [1.165, 1.54) is 24.3 Å². The maximum atomic E-state index is 13.2. The largest absolute Gasteiger partial charge is 0.433 e. The maximum absolute atomic E-state index is 13.2. The van der Waals surface area contributed by atoms with E-state index in [9.17, 15) is 36.3 Å². The van der Waals surface area contributed by atoms with Gasteiger partial charge in [-0.3, -0.25) is 4.79 Å². The Morgan fingerprint density at radius 2 is 1.53 bits per heavy atom. The lowest BCUT2D eigenvalue weighted by atomic mass is 10.1. The molecule has 178 valence electrons. The van der Waals surface area contributed by atoms with E-state index >= 15 is 0 Å². The van der Waals surface area contributed by atoms with Gasteiger partial charge in [0.1, 0.15) is 5.69 Å². The highest BCUT2D eigenvalue weighted by Gasteiger charge is 2.33. The number of pyridine rings is 1. The van der Waals surface area contributed by atoms with Gasteiger partial charge in [-0.2, -0.15) is 26.3 Å². The first-order valence-corrected chi connectivity index (χ1v) is 9.79. The molecule has 0 bridgehead atoms. The van der Waals surface area contributed by atoms with Gasteiger partial charge in [0.2, 0.25) is 0 Å². The monoisotopic (exact) mass is 481 g/mol. The molecule has 2 aromatic carbocycles. The van der Waals surface area contributed by atoms with Gasteiger partial charge in [-0.15, -0.1) is 0 Å². The summed E-state index contributed by atoms with van der Waals surface area (Å²) < 4.78 is 77.1. The fourth-order valence-electron chi connectivity index (χ4n) is 3.11. The van der Waals surface area contributed by atoms with Gasteiger partial charge in [0.05, 0.1) is 17.4 Å². The highest BCUT2D eigenvalue weighted by Crippen LogP contribution is 2.30. The van der Waals surface area contributed by atoms with E-state index in [1.807, 2.05) is 0 Å². The smallest absolute Gasteiger partial charge is 0.410 e. The summed E-state index contributed by atoms with van der Waals surface area (Å²) in [5, 5.41) is 12.5. The Balaban J connectivity index is 1.91. The van der Waals surface area contributed by atoms with Crippen LogP contribution in [0, 0.1) is 0 Å². The summed E-state index contributed by atoms with van der Waals surface area (Å²) >= 11 is 0. The van der Waals surface area contributed by atoms with Crippen LogP contribution >= 0.6 is 0 Å². The third-order valence-corrected chi connectivity index (χ3v) is 4.85. The number of hydrogen-bond acceptors (Lipinski definition) is 4. The molecule has 0 atom stereocenters. The molecule has 5 nitrogen and oxygen atoms in total. The minimum atomic E-state index is -4.69. The van der Waals surface area contributed by atoms with E-state index in [2.05, 4.69) is 10.1 Å². The molecule has 0 aliphatic heterocycles. The number of benzene rings is 2. The standard InChI is InChI=1S/C23H17F6N3O2/c24-22(25,26)17-8-6-15(7-9-17)12-13-32(18-10-11-19(30-14-18)23(27,28)29)21(33)20(31-34)16-4-2-1-3-5-16/h1-11,14,34H,12-13H2. The van der Waals surface area contributed by atoms with Crippen LogP contribution in [0.3, 0.4) is 0 Å². The predicted octanol–water partition coefficient (Wildman–Crippen LogP) is 5.57. The summed E-state index contributed by atoms with van der Waals surface area (Å²) in [5.41, 5.74) is -1.67. The summed E-state index contributed by atoms with van der Waals surface area (Å²) in [4.78, 5) is 17.6. The zero-order valence-corrected chi connectivity index (χ0v) is 17.3. The molecule has 0 fully saturated rings. The van der Waals surface area contributed by atoms with Crippen LogP contribution in [0.15, 0.2) is 78.1 Å². The Hall–Kier alpha value is -3.89. The second-order valence-corrected chi connectivity index (χ2v) is 7.12. The minimum absolute atomic E-state index is 0.0120. The van der Waals surface area contributed by atoms with Crippen molar-refractivity contribution in [1.82, 2.24) is 4.98 Å². The van der Waals surface area contributed by atoms with Crippen LogP contribution in [0.4, 0.5) is 32.0 Å². The first-order valence-electron chi connectivity index (χ1n) is 9.79. The highest BCUT2D eigenvalue weighted by atomic mass is 19.4. The molecule has 3 aromatic rings. The molecule has 3 rings (SSSR count). The second-order valence-electron chi connectivity index (χ2n) is 7.12. The minimum Gasteiger partial charge on any atom is -0.410 e. The van der Waals surface area contributed by atoms with Crippen molar-refractivity contribution in [2.45, 2.75) is 18.8 Å². The summed E-state index contributed by atoms with van der Waals surface area (Å²) in [6.45, 7) is -0.136. The van der Waals surface area contributed by atoms with Crippen molar-refractivity contribution in [3.05, 3.63) is 95.3 Å². The zero-order valence-electron chi connectivity index (χ0n) is 17.3. The van der Waals surface area contributed by atoms with E-state index in [4.69, 9.17) is 0 Å². The third-order valence-electron chi connectivity index (χ3n) is 4.85. The Bertz CT molecular complexity index is 1140. The number of anilines is 1. The van der Waals surface area contributed by atoms with Crippen molar-refractivity contribution >= 4 is 17.3 Å². The maximum Gasteiger partial charge on any atom is 0.433 e. The van der Waals surface area contributed by atoms with E-state index in [-0.39, 0.29) is 29.9 Å². The van der Waals surface area contributed by atoms with Crippen LogP contribution in [0.2, 0.25) is 0 Å². The normalized spacial score (nSPS) is 12.5. The van der Waals surface area contributed by atoms with Crippen LogP contribution in [0.5, 0.6) is 0 Å². The van der Waals surface area contributed by atoms with E-state index < -0.39 is 29.5 Å². The van der Waals surface area contributed by atoms with Gasteiger partial charge in [-0.05, 0) is 36.2 Å². The molecule has 0 saturated heterocycles. The topological polar surface area (TPSA) is 65.8 Å². The number of halogens is 6. The van der Waals surface area contributed by atoms with Gasteiger partial charge in [-0.1, -0.05) is 47.6 Å². The quantitative estimate of drug-likeness (QED) is 0.217. The fraction of sp³-hybridized carbons (Fsp3) is 0.174. The van der Waals surface area contributed by atoms with Gasteiger partial charge in [0.15, 0.2) is 5.71 Å². The SMILES string of the molecule is O=C(C(=NO)c1ccccc1)N(CCc1ccc(C(F)(F)F)cc1)c1ccc(C(F)(F)F)nc1. The number of carbonyl (C=O) groups is 1. The van der Waals surface area contributed by atoms with E-state index in [0.29, 0.717) is 11.6 Å². The molecule has 34 heavy (non-hydrogen) atoms. The van der Waals surface area contributed by atoms with Crippen LogP contribution in [-0.2, 0) is 23.6 Å². The first-order chi connectivity index (χ1) is 16.0. The van der Waals surface area contributed by atoms with Gasteiger partial charge in [0, 0.05) is 12.1 Å².